The number of amides is 1. The molecule has 1 saturated heterocycles. The minimum absolute atomic E-state index is 0.150. The molecule has 0 spiro atoms. The van der Waals surface area contributed by atoms with Gasteiger partial charge < -0.3 is 9.64 Å². The largest absolute Gasteiger partial charge is 0.490 e. The Morgan fingerprint density at radius 2 is 1.86 bits per heavy atom. The van der Waals surface area contributed by atoms with E-state index in [0.29, 0.717) is 24.6 Å². The van der Waals surface area contributed by atoms with E-state index in [2.05, 4.69) is 31.2 Å². The molecule has 0 atom stereocenters. The highest BCUT2D eigenvalue weighted by molar-refractivity contribution is 5.95. The highest BCUT2D eigenvalue weighted by atomic mass is 16.6. The van der Waals surface area contributed by atoms with Crippen LogP contribution in [0.4, 0.5) is 5.69 Å². The predicted molar refractivity (Wildman–Crippen MR) is 108 cm³/mol. The van der Waals surface area contributed by atoms with Gasteiger partial charge in [-0.15, -0.1) is 0 Å². The number of carbonyl (C=O) groups excluding carboxylic acids is 1. The van der Waals surface area contributed by atoms with Crippen molar-refractivity contribution < 1.29 is 14.5 Å². The molecule has 1 aliphatic heterocycles. The molecule has 6 heteroatoms. The van der Waals surface area contributed by atoms with Crippen molar-refractivity contribution >= 4 is 11.6 Å². The number of aryl methyl sites for hydroxylation is 2. The Morgan fingerprint density at radius 1 is 1.18 bits per heavy atom. The molecular formula is C22H26N2O4. The molecule has 0 aromatic heterocycles. The zero-order chi connectivity index (χ0) is 20.1. The maximum absolute atomic E-state index is 12.8. The number of carbonyl (C=O) groups is 1. The summed E-state index contributed by atoms with van der Waals surface area (Å²) in [5.74, 6) is 0.620. The van der Waals surface area contributed by atoms with Crippen LogP contribution >= 0.6 is 0 Å². The standard InChI is InChI=1S/C22H26N2O4/c1-16-3-5-17(6-4-16)7-8-18-11-13-23(14-12-18)22(25)19-9-10-21(28-2)20(15-19)24(26)27/h3-6,9-10,15,18H,7-8,11-14H2,1-2H3. The minimum Gasteiger partial charge on any atom is -0.490 e. The number of ether oxygens (including phenoxy) is 1. The smallest absolute Gasteiger partial charge is 0.311 e. The molecule has 28 heavy (non-hydrogen) atoms. The number of methoxy groups -OCH3 is 1. The quantitative estimate of drug-likeness (QED) is 0.548. The number of nitro benzene ring substituents is 1. The van der Waals surface area contributed by atoms with Gasteiger partial charge in [-0.2, -0.15) is 0 Å². The number of nitro groups is 1. The van der Waals surface area contributed by atoms with E-state index in [1.807, 2.05) is 0 Å². The summed E-state index contributed by atoms with van der Waals surface area (Å²) in [6, 6.07) is 13.0. The summed E-state index contributed by atoms with van der Waals surface area (Å²) in [4.78, 5) is 25.2. The van der Waals surface area contributed by atoms with Crippen molar-refractivity contribution in [1.82, 2.24) is 4.90 Å². The first-order chi connectivity index (χ1) is 13.5. The third-order valence-electron chi connectivity index (χ3n) is 5.49. The number of piperidine rings is 1. The number of likely N-dealkylation sites (tertiary alicyclic amines) is 1. The first kappa shape index (κ1) is 19.9. The fourth-order valence-corrected chi connectivity index (χ4v) is 3.70. The fourth-order valence-electron chi connectivity index (χ4n) is 3.70. The first-order valence-corrected chi connectivity index (χ1v) is 9.65. The lowest BCUT2D eigenvalue weighted by Gasteiger charge is -2.32. The van der Waals surface area contributed by atoms with Gasteiger partial charge in [0.1, 0.15) is 0 Å². The van der Waals surface area contributed by atoms with Gasteiger partial charge >= 0.3 is 5.69 Å². The van der Waals surface area contributed by atoms with Crippen molar-refractivity contribution in [3.8, 4) is 5.75 Å². The van der Waals surface area contributed by atoms with Crippen molar-refractivity contribution in [2.24, 2.45) is 5.92 Å². The molecule has 3 rings (SSSR count). The number of nitrogens with zero attached hydrogens (tertiary/aromatic N) is 2. The van der Waals surface area contributed by atoms with Gasteiger partial charge in [0.05, 0.1) is 12.0 Å². The summed E-state index contributed by atoms with van der Waals surface area (Å²) in [6.45, 7) is 3.47. The molecule has 1 aliphatic rings. The fraction of sp³-hybridized carbons (Fsp3) is 0.409. The van der Waals surface area contributed by atoms with E-state index in [1.165, 1.54) is 30.4 Å². The molecule has 6 nitrogen and oxygen atoms in total. The summed E-state index contributed by atoms with van der Waals surface area (Å²) < 4.78 is 5.00. The Hall–Kier alpha value is -2.89. The lowest BCUT2D eigenvalue weighted by molar-refractivity contribution is -0.385. The molecule has 1 fully saturated rings. The van der Waals surface area contributed by atoms with Crippen LogP contribution in [0, 0.1) is 23.0 Å². The van der Waals surface area contributed by atoms with Crippen LogP contribution in [-0.2, 0) is 6.42 Å². The van der Waals surface area contributed by atoms with E-state index in [0.717, 1.165) is 25.7 Å². The molecule has 0 radical (unpaired) electrons. The monoisotopic (exact) mass is 382 g/mol. The summed E-state index contributed by atoms with van der Waals surface area (Å²) in [5.41, 5.74) is 2.79. The van der Waals surface area contributed by atoms with Crippen LogP contribution in [0.25, 0.3) is 0 Å². The number of benzene rings is 2. The highest BCUT2D eigenvalue weighted by Gasteiger charge is 2.25. The summed E-state index contributed by atoms with van der Waals surface area (Å²) in [7, 11) is 1.38. The maximum Gasteiger partial charge on any atom is 0.311 e. The van der Waals surface area contributed by atoms with E-state index in [1.54, 1.807) is 11.0 Å². The van der Waals surface area contributed by atoms with Crippen molar-refractivity contribution in [2.75, 3.05) is 20.2 Å². The van der Waals surface area contributed by atoms with E-state index >= 15 is 0 Å². The lowest BCUT2D eigenvalue weighted by Crippen LogP contribution is -2.38. The van der Waals surface area contributed by atoms with Crippen molar-refractivity contribution in [1.29, 1.82) is 0 Å². The van der Waals surface area contributed by atoms with Crippen LogP contribution in [0.2, 0.25) is 0 Å². The predicted octanol–water partition coefficient (Wildman–Crippen LogP) is 4.40. The average molecular weight is 382 g/mol. The number of hydrogen-bond donors (Lipinski definition) is 0. The minimum atomic E-state index is -0.521. The van der Waals surface area contributed by atoms with Crippen LogP contribution < -0.4 is 4.74 Å². The molecule has 0 N–H and O–H groups in total. The van der Waals surface area contributed by atoms with Crippen molar-refractivity contribution in [3.05, 3.63) is 69.3 Å². The number of hydrogen-bond acceptors (Lipinski definition) is 4. The van der Waals surface area contributed by atoms with Gasteiger partial charge in [-0.3, -0.25) is 14.9 Å². The van der Waals surface area contributed by atoms with Crippen LogP contribution in [0.5, 0.6) is 5.75 Å². The Kier molecular flexibility index (Phi) is 6.29. The van der Waals surface area contributed by atoms with E-state index in [9.17, 15) is 14.9 Å². The zero-order valence-electron chi connectivity index (χ0n) is 16.4. The molecule has 2 aromatic rings. The summed E-state index contributed by atoms with van der Waals surface area (Å²) >= 11 is 0. The lowest BCUT2D eigenvalue weighted by atomic mass is 9.90. The molecular weight excluding hydrogens is 356 g/mol. The van der Waals surface area contributed by atoms with Crippen LogP contribution in [-0.4, -0.2) is 35.9 Å². The second-order valence-corrected chi connectivity index (χ2v) is 7.40. The van der Waals surface area contributed by atoms with Crippen LogP contribution in [0.1, 0.15) is 40.7 Å². The summed E-state index contributed by atoms with van der Waals surface area (Å²) in [6.07, 6.45) is 4.12. The molecule has 148 valence electrons. The Bertz CT molecular complexity index is 840. The van der Waals surface area contributed by atoms with Gasteiger partial charge in [-0.1, -0.05) is 29.8 Å². The van der Waals surface area contributed by atoms with Gasteiger partial charge in [0, 0.05) is 24.7 Å². The SMILES string of the molecule is COc1ccc(C(=O)N2CCC(CCc3ccc(C)cc3)CC2)cc1[N+](=O)[O-]. The van der Waals surface area contributed by atoms with Crippen molar-refractivity contribution in [2.45, 2.75) is 32.6 Å². The Labute approximate surface area is 165 Å². The Balaban J connectivity index is 1.55. The molecule has 0 saturated carbocycles. The second-order valence-electron chi connectivity index (χ2n) is 7.40. The third-order valence-corrected chi connectivity index (χ3v) is 5.49. The van der Waals surface area contributed by atoms with Crippen LogP contribution in [0.15, 0.2) is 42.5 Å². The van der Waals surface area contributed by atoms with Crippen LogP contribution in [0.3, 0.4) is 0 Å². The van der Waals surface area contributed by atoms with Gasteiger partial charge in [-0.05, 0) is 56.2 Å². The third kappa shape index (κ3) is 4.68. The second kappa shape index (κ2) is 8.87. The summed E-state index contributed by atoms with van der Waals surface area (Å²) in [5, 5.41) is 11.2. The van der Waals surface area contributed by atoms with Gasteiger partial charge in [0.25, 0.3) is 5.91 Å². The van der Waals surface area contributed by atoms with Gasteiger partial charge in [-0.25, -0.2) is 0 Å². The highest BCUT2D eigenvalue weighted by Crippen LogP contribution is 2.29. The van der Waals surface area contributed by atoms with E-state index in [-0.39, 0.29) is 17.3 Å². The molecule has 0 aliphatic carbocycles. The molecule has 2 aromatic carbocycles. The normalized spacial score (nSPS) is 14.7. The first-order valence-electron chi connectivity index (χ1n) is 9.65. The Morgan fingerprint density at radius 3 is 2.46 bits per heavy atom. The van der Waals surface area contributed by atoms with E-state index in [4.69, 9.17) is 4.74 Å². The maximum atomic E-state index is 12.8. The van der Waals surface area contributed by atoms with Gasteiger partial charge in [0.2, 0.25) is 0 Å². The van der Waals surface area contributed by atoms with Gasteiger partial charge in [0.15, 0.2) is 5.75 Å². The molecule has 0 bridgehead atoms. The zero-order valence-corrected chi connectivity index (χ0v) is 16.4. The average Bonchev–Trinajstić information content (AvgIpc) is 2.72. The van der Waals surface area contributed by atoms with E-state index < -0.39 is 4.92 Å². The molecule has 0 unspecified atom stereocenters. The number of rotatable bonds is 6. The molecule has 1 heterocycles. The topological polar surface area (TPSA) is 72.7 Å². The van der Waals surface area contributed by atoms with Crippen molar-refractivity contribution in [3.63, 3.8) is 0 Å². The molecule has 1 amide bonds.